The highest BCUT2D eigenvalue weighted by Crippen LogP contribution is 2.36. The Balaban J connectivity index is 1.22. The van der Waals surface area contributed by atoms with Crippen molar-refractivity contribution in [2.75, 3.05) is 38.1 Å². The van der Waals surface area contributed by atoms with E-state index in [1.54, 1.807) is 11.1 Å². The second-order valence-corrected chi connectivity index (χ2v) is 10.3. The minimum absolute atomic E-state index is 0.0636. The number of aromatic nitrogens is 3. The molecule has 9 nitrogen and oxygen atoms in total. The fraction of sp³-hybridized carbons (Fsp3) is 0.241. The number of imide groups is 1. The third-order valence-corrected chi connectivity index (χ3v) is 7.73. The van der Waals surface area contributed by atoms with Crippen LogP contribution < -0.4 is 4.90 Å². The average molecular weight is 504 g/mol. The predicted octanol–water partition coefficient (Wildman–Crippen LogP) is 3.57. The summed E-state index contributed by atoms with van der Waals surface area (Å²) in [5.41, 5.74) is 6.42. The van der Waals surface area contributed by atoms with Gasteiger partial charge in [-0.2, -0.15) is 5.26 Å². The second kappa shape index (κ2) is 8.43. The maximum absolute atomic E-state index is 13.2. The Kier molecular flexibility index (Phi) is 5.00. The molecule has 2 aromatic carbocycles. The lowest BCUT2D eigenvalue weighted by molar-refractivity contribution is -0.125. The van der Waals surface area contributed by atoms with Gasteiger partial charge in [-0.15, -0.1) is 0 Å². The van der Waals surface area contributed by atoms with Crippen LogP contribution in [0.1, 0.15) is 11.1 Å². The Labute approximate surface area is 219 Å². The molecule has 0 atom stereocenters. The third kappa shape index (κ3) is 3.53. The lowest BCUT2D eigenvalue weighted by Gasteiger charge is -2.37. The molecule has 188 valence electrons. The molecule has 2 saturated heterocycles. The number of hydrogen-bond acceptors (Lipinski definition) is 5. The van der Waals surface area contributed by atoms with Crippen LogP contribution in [0, 0.1) is 17.2 Å². The maximum Gasteiger partial charge on any atom is 0.331 e. The van der Waals surface area contributed by atoms with Crippen LogP contribution >= 0.6 is 0 Å². The molecule has 2 fully saturated rings. The molecule has 0 radical (unpaired) electrons. The summed E-state index contributed by atoms with van der Waals surface area (Å²) < 4.78 is 4.23. The van der Waals surface area contributed by atoms with Gasteiger partial charge in [0.2, 0.25) is 0 Å². The molecule has 4 aromatic rings. The zero-order valence-electron chi connectivity index (χ0n) is 20.9. The molecule has 5 heterocycles. The topological polar surface area (TPSA) is 90.4 Å². The van der Waals surface area contributed by atoms with Crippen molar-refractivity contribution < 1.29 is 9.59 Å². The zero-order chi connectivity index (χ0) is 26.0. The molecular formula is C29H25N7O2. The molecule has 0 bridgehead atoms. The van der Waals surface area contributed by atoms with Crippen molar-refractivity contribution in [3.05, 3.63) is 78.2 Å². The molecule has 0 N–H and O–H groups in total. The Bertz CT molecular complexity index is 1640. The van der Waals surface area contributed by atoms with Crippen molar-refractivity contribution in [3.63, 3.8) is 0 Å². The van der Waals surface area contributed by atoms with E-state index >= 15 is 0 Å². The highest BCUT2D eigenvalue weighted by Gasteiger charge is 2.40. The monoisotopic (exact) mass is 503 g/mol. The number of carbonyl (C=O) groups excluding carboxylic acids is 2. The van der Waals surface area contributed by atoms with Crippen LogP contribution in [0.3, 0.4) is 0 Å². The van der Waals surface area contributed by atoms with E-state index < -0.39 is 0 Å². The average Bonchev–Trinajstić information content (AvgIpc) is 3.60. The van der Waals surface area contributed by atoms with Crippen molar-refractivity contribution >= 4 is 17.6 Å². The van der Waals surface area contributed by atoms with E-state index in [0.717, 1.165) is 52.7 Å². The quantitative estimate of drug-likeness (QED) is 0.350. The molecule has 3 aliphatic rings. The van der Waals surface area contributed by atoms with Gasteiger partial charge in [0.15, 0.2) is 5.82 Å². The van der Waals surface area contributed by atoms with Gasteiger partial charge in [-0.25, -0.2) is 9.78 Å². The fourth-order valence-corrected chi connectivity index (χ4v) is 5.82. The van der Waals surface area contributed by atoms with Crippen LogP contribution in [0.2, 0.25) is 0 Å². The lowest BCUT2D eigenvalue weighted by atomic mass is 10.0. The highest BCUT2D eigenvalue weighted by atomic mass is 16.2. The normalized spacial score (nSPS) is 17.1. The van der Waals surface area contributed by atoms with E-state index in [1.807, 2.05) is 55.7 Å². The van der Waals surface area contributed by atoms with Gasteiger partial charge < -0.3 is 9.47 Å². The summed E-state index contributed by atoms with van der Waals surface area (Å²) in [6.07, 6.45) is 5.83. The number of benzene rings is 2. The molecule has 0 aliphatic carbocycles. The number of hydrogen-bond donors (Lipinski definition) is 0. The van der Waals surface area contributed by atoms with Gasteiger partial charge in [0.05, 0.1) is 23.0 Å². The molecule has 3 amide bonds. The first-order valence-corrected chi connectivity index (χ1v) is 12.7. The maximum atomic E-state index is 13.2. The van der Waals surface area contributed by atoms with E-state index in [1.165, 1.54) is 4.90 Å². The zero-order valence-corrected chi connectivity index (χ0v) is 20.9. The molecule has 2 aromatic heterocycles. The van der Waals surface area contributed by atoms with Gasteiger partial charge in [-0.1, -0.05) is 12.1 Å². The number of carbonyl (C=O) groups is 2. The predicted molar refractivity (Wildman–Crippen MR) is 142 cm³/mol. The first-order valence-electron chi connectivity index (χ1n) is 12.7. The number of anilines is 1. The van der Waals surface area contributed by atoms with Gasteiger partial charge in [0.25, 0.3) is 5.91 Å². The van der Waals surface area contributed by atoms with E-state index in [-0.39, 0.29) is 18.5 Å². The van der Waals surface area contributed by atoms with E-state index in [2.05, 4.69) is 37.4 Å². The molecule has 0 spiro atoms. The first kappa shape index (κ1) is 22.5. The summed E-state index contributed by atoms with van der Waals surface area (Å²) in [5.74, 6) is 1.04. The van der Waals surface area contributed by atoms with Crippen LogP contribution in [-0.2, 0) is 11.3 Å². The Morgan fingerprint density at radius 1 is 1.03 bits per heavy atom. The second-order valence-electron chi connectivity index (χ2n) is 10.3. The van der Waals surface area contributed by atoms with Crippen molar-refractivity contribution in [3.8, 4) is 34.4 Å². The van der Waals surface area contributed by atoms with E-state index in [0.29, 0.717) is 24.6 Å². The largest absolute Gasteiger partial charge is 0.340 e. The number of nitrogens with zero attached hydrogens (tertiary/aromatic N) is 7. The molecule has 7 rings (SSSR count). The number of amides is 3. The lowest BCUT2D eigenvalue weighted by Crippen LogP contribution is -2.50. The highest BCUT2D eigenvalue weighted by molar-refractivity contribution is 6.12. The summed E-state index contributed by atoms with van der Waals surface area (Å²) in [6, 6.07) is 17.5. The number of likely N-dealkylation sites (tertiary alicyclic amines) is 1. The number of nitriles is 1. The molecule has 9 heteroatoms. The first-order chi connectivity index (χ1) is 18.5. The Morgan fingerprint density at radius 2 is 1.84 bits per heavy atom. The van der Waals surface area contributed by atoms with Crippen molar-refractivity contribution in [1.29, 1.82) is 5.26 Å². The smallest absolute Gasteiger partial charge is 0.331 e. The minimum Gasteiger partial charge on any atom is -0.340 e. The van der Waals surface area contributed by atoms with E-state index in [9.17, 15) is 9.59 Å². The van der Waals surface area contributed by atoms with Gasteiger partial charge in [-0.3, -0.25) is 19.2 Å². The molecule has 38 heavy (non-hydrogen) atoms. The Morgan fingerprint density at radius 3 is 2.61 bits per heavy atom. The van der Waals surface area contributed by atoms with Crippen LogP contribution in [0.25, 0.3) is 28.3 Å². The SMILES string of the molecule is CN1CC(CN2C(=O)CN(c3ccc4c(c3)Cn3cc(-c5ccc(C#N)cc5)cc3-c3nccn3-4)C2=O)C1. The van der Waals surface area contributed by atoms with Crippen LogP contribution in [0.15, 0.2) is 67.1 Å². The molecule has 0 saturated carbocycles. The van der Waals surface area contributed by atoms with Crippen molar-refractivity contribution in [1.82, 2.24) is 23.9 Å². The number of urea groups is 1. The number of rotatable bonds is 4. The third-order valence-electron chi connectivity index (χ3n) is 7.73. The van der Waals surface area contributed by atoms with E-state index in [4.69, 9.17) is 5.26 Å². The van der Waals surface area contributed by atoms with Crippen LogP contribution in [-0.4, -0.2) is 69.1 Å². The minimum atomic E-state index is -0.244. The van der Waals surface area contributed by atoms with Crippen LogP contribution in [0.5, 0.6) is 0 Å². The number of fused-ring (bicyclic) bond motifs is 5. The van der Waals surface area contributed by atoms with Crippen molar-refractivity contribution in [2.45, 2.75) is 6.54 Å². The fourth-order valence-electron chi connectivity index (χ4n) is 5.82. The van der Waals surface area contributed by atoms with Gasteiger partial charge >= 0.3 is 6.03 Å². The molecule has 3 aliphatic heterocycles. The van der Waals surface area contributed by atoms with Gasteiger partial charge in [0, 0.05) is 61.9 Å². The summed E-state index contributed by atoms with van der Waals surface area (Å²) >= 11 is 0. The van der Waals surface area contributed by atoms with Crippen LogP contribution in [0.4, 0.5) is 10.5 Å². The summed E-state index contributed by atoms with van der Waals surface area (Å²) in [5, 5.41) is 9.14. The summed E-state index contributed by atoms with van der Waals surface area (Å²) in [4.78, 5) is 35.8. The number of imidazole rings is 1. The van der Waals surface area contributed by atoms with Crippen molar-refractivity contribution in [2.24, 2.45) is 5.92 Å². The molecular weight excluding hydrogens is 478 g/mol. The van der Waals surface area contributed by atoms with Gasteiger partial charge in [-0.05, 0) is 54.6 Å². The summed E-state index contributed by atoms with van der Waals surface area (Å²) in [7, 11) is 2.04. The standard InChI is InChI=1S/C29H25N7O2/c1-32-13-20(14-32)15-36-27(37)18-35(29(36)38)24-6-7-25-23(10-24)17-33-16-22(21-4-2-19(12-30)3-5-21)11-26(33)28-31-8-9-34(25)28/h2-11,16,20H,13-15,17-18H2,1H3. The van der Waals surface area contributed by atoms with Gasteiger partial charge in [0.1, 0.15) is 6.54 Å². The molecule has 0 unspecified atom stereocenters. The Hall–Kier alpha value is -4.68. The summed E-state index contributed by atoms with van der Waals surface area (Å²) in [6.45, 7) is 2.95.